The topological polar surface area (TPSA) is 56.7 Å². The molecule has 112 valence electrons. The lowest BCUT2D eigenvalue weighted by Gasteiger charge is -2.20. The molecule has 0 atom stereocenters. The van der Waals surface area contributed by atoms with Crippen LogP contribution in [0.4, 0.5) is 0 Å². The molecule has 0 aliphatic rings. The first-order valence-electron chi connectivity index (χ1n) is 7.57. The fourth-order valence-electron chi connectivity index (χ4n) is 2.85. The number of hydrogen-bond donors (Lipinski definition) is 1. The van der Waals surface area contributed by atoms with E-state index >= 15 is 0 Å². The summed E-state index contributed by atoms with van der Waals surface area (Å²) in [4.78, 5) is 0. The van der Waals surface area contributed by atoms with Gasteiger partial charge < -0.3 is 5.73 Å². The van der Waals surface area contributed by atoms with Crippen LogP contribution in [0.25, 0.3) is 0 Å². The van der Waals surface area contributed by atoms with Gasteiger partial charge in [-0.25, -0.2) is 4.68 Å². The molecule has 1 heterocycles. The van der Waals surface area contributed by atoms with E-state index in [-0.39, 0.29) is 5.92 Å². The number of rotatable bonds is 5. The molecule has 4 heteroatoms. The van der Waals surface area contributed by atoms with Crippen molar-refractivity contribution in [3.8, 4) is 0 Å². The van der Waals surface area contributed by atoms with Crippen molar-refractivity contribution in [2.75, 3.05) is 0 Å². The number of aryl methyl sites for hydroxylation is 1. The highest BCUT2D eigenvalue weighted by Gasteiger charge is 2.24. The summed E-state index contributed by atoms with van der Waals surface area (Å²) in [5.41, 5.74) is 10.3. The lowest BCUT2D eigenvalue weighted by Crippen LogP contribution is -2.14. The van der Waals surface area contributed by atoms with Crippen molar-refractivity contribution in [3.63, 3.8) is 0 Å². The van der Waals surface area contributed by atoms with E-state index in [4.69, 9.17) is 5.73 Å². The van der Waals surface area contributed by atoms with Crippen LogP contribution < -0.4 is 5.73 Å². The summed E-state index contributed by atoms with van der Waals surface area (Å²) in [5, 5.41) is 8.53. The minimum atomic E-state index is 0.0934. The Kier molecular flexibility index (Phi) is 4.30. The van der Waals surface area contributed by atoms with Crippen LogP contribution in [-0.2, 0) is 13.1 Å². The second-order valence-electron chi connectivity index (χ2n) is 5.20. The summed E-state index contributed by atoms with van der Waals surface area (Å²) in [5.74, 6) is 0.0934. The predicted octanol–water partition coefficient (Wildman–Crippen LogP) is 2.94. The second kappa shape index (κ2) is 6.54. The van der Waals surface area contributed by atoms with Crippen molar-refractivity contribution in [3.05, 3.63) is 83.2 Å². The smallest absolute Gasteiger partial charge is 0.100 e. The van der Waals surface area contributed by atoms with Gasteiger partial charge in [0.2, 0.25) is 0 Å². The highest BCUT2D eigenvalue weighted by molar-refractivity contribution is 5.41. The van der Waals surface area contributed by atoms with Crippen molar-refractivity contribution in [1.82, 2.24) is 15.0 Å². The average molecular weight is 292 g/mol. The summed E-state index contributed by atoms with van der Waals surface area (Å²) >= 11 is 0. The SMILES string of the molecule is CCn1nnc(CN)c1C(c1ccccc1)c1ccccc1. The standard InChI is InChI=1S/C18H20N4/c1-2-22-18(16(13-19)20-21-22)17(14-9-5-3-6-10-14)15-11-7-4-8-12-15/h3-12,17H,2,13,19H2,1H3. The quantitative estimate of drug-likeness (QED) is 0.786. The van der Waals surface area contributed by atoms with Gasteiger partial charge in [0.25, 0.3) is 0 Å². The molecule has 2 aromatic carbocycles. The zero-order valence-corrected chi connectivity index (χ0v) is 12.7. The molecule has 4 nitrogen and oxygen atoms in total. The van der Waals surface area contributed by atoms with Crippen LogP contribution in [0.1, 0.15) is 35.4 Å². The maximum absolute atomic E-state index is 5.90. The minimum Gasteiger partial charge on any atom is -0.325 e. The Morgan fingerprint density at radius 2 is 1.50 bits per heavy atom. The van der Waals surface area contributed by atoms with Gasteiger partial charge in [0.05, 0.1) is 11.6 Å². The maximum atomic E-state index is 5.90. The van der Waals surface area contributed by atoms with E-state index in [1.807, 2.05) is 16.8 Å². The zero-order chi connectivity index (χ0) is 15.4. The van der Waals surface area contributed by atoms with Crippen molar-refractivity contribution in [2.24, 2.45) is 5.73 Å². The van der Waals surface area contributed by atoms with Gasteiger partial charge >= 0.3 is 0 Å². The lowest BCUT2D eigenvalue weighted by molar-refractivity contribution is 0.592. The molecule has 0 saturated heterocycles. The van der Waals surface area contributed by atoms with Crippen LogP contribution in [0, 0.1) is 0 Å². The van der Waals surface area contributed by atoms with E-state index in [1.54, 1.807) is 0 Å². The number of benzene rings is 2. The van der Waals surface area contributed by atoms with E-state index in [1.165, 1.54) is 11.1 Å². The van der Waals surface area contributed by atoms with Gasteiger partial charge in [-0.05, 0) is 18.1 Å². The summed E-state index contributed by atoms with van der Waals surface area (Å²) in [7, 11) is 0. The average Bonchev–Trinajstić information content (AvgIpc) is 3.00. The van der Waals surface area contributed by atoms with Crippen LogP contribution >= 0.6 is 0 Å². The zero-order valence-electron chi connectivity index (χ0n) is 12.7. The summed E-state index contributed by atoms with van der Waals surface area (Å²) in [6, 6.07) is 20.9. The molecular formula is C18H20N4. The van der Waals surface area contributed by atoms with Crippen molar-refractivity contribution >= 4 is 0 Å². The van der Waals surface area contributed by atoms with E-state index in [2.05, 4.69) is 65.8 Å². The molecular weight excluding hydrogens is 272 g/mol. The van der Waals surface area contributed by atoms with Crippen LogP contribution in [0.5, 0.6) is 0 Å². The Hall–Kier alpha value is -2.46. The van der Waals surface area contributed by atoms with Gasteiger partial charge in [-0.3, -0.25) is 0 Å². The van der Waals surface area contributed by atoms with Gasteiger partial charge in [0.1, 0.15) is 5.69 Å². The van der Waals surface area contributed by atoms with Crippen LogP contribution in [0.15, 0.2) is 60.7 Å². The summed E-state index contributed by atoms with van der Waals surface area (Å²) in [6.07, 6.45) is 0. The molecule has 0 radical (unpaired) electrons. The highest BCUT2D eigenvalue weighted by atomic mass is 15.4. The molecule has 0 saturated carbocycles. The molecule has 0 amide bonds. The third kappa shape index (κ3) is 2.65. The highest BCUT2D eigenvalue weighted by Crippen LogP contribution is 2.33. The van der Waals surface area contributed by atoms with Crippen molar-refractivity contribution in [1.29, 1.82) is 0 Å². The Labute approximate surface area is 130 Å². The molecule has 0 aliphatic heterocycles. The largest absolute Gasteiger partial charge is 0.325 e. The molecule has 3 aromatic rings. The molecule has 0 spiro atoms. The Balaban J connectivity index is 2.21. The molecule has 0 bridgehead atoms. The van der Waals surface area contributed by atoms with Crippen LogP contribution in [-0.4, -0.2) is 15.0 Å². The Morgan fingerprint density at radius 1 is 0.955 bits per heavy atom. The van der Waals surface area contributed by atoms with Crippen LogP contribution in [0.3, 0.4) is 0 Å². The number of aromatic nitrogens is 3. The molecule has 3 rings (SSSR count). The van der Waals surface area contributed by atoms with Gasteiger partial charge in [-0.2, -0.15) is 0 Å². The minimum absolute atomic E-state index is 0.0934. The number of hydrogen-bond acceptors (Lipinski definition) is 3. The fraction of sp³-hybridized carbons (Fsp3) is 0.222. The summed E-state index contributed by atoms with van der Waals surface area (Å²) in [6.45, 7) is 3.25. The third-order valence-electron chi connectivity index (χ3n) is 3.88. The maximum Gasteiger partial charge on any atom is 0.100 e. The van der Waals surface area contributed by atoms with E-state index in [9.17, 15) is 0 Å². The predicted molar refractivity (Wildman–Crippen MR) is 87.4 cm³/mol. The van der Waals surface area contributed by atoms with Gasteiger partial charge in [-0.1, -0.05) is 65.9 Å². The monoisotopic (exact) mass is 292 g/mol. The fourth-order valence-corrected chi connectivity index (χ4v) is 2.85. The normalized spacial score (nSPS) is 11.0. The molecule has 0 fully saturated rings. The molecule has 1 aromatic heterocycles. The second-order valence-corrected chi connectivity index (χ2v) is 5.20. The first kappa shape index (κ1) is 14.5. The van der Waals surface area contributed by atoms with E-state index in [0.29, 0.717) is 6.54 Å². The van der Waals surface area contributed by atoms with E-state index in [0.717, 1.165) is 17.9 Å². The summed E-state index contributed by atoms with van der Waals surface area (Å²) < 4.78 is 1.95. The first-order chi connectivity index (χ1) is 10.8. The molecule has 0 unspecified atom stereocenters. The van der Waals surface area contributed by atoms with Crippen molar-refractivity contribution in [2.45, 2.75) is 25.9 Å². The molecule has 2 N–H and O–H groups in total. The van der Waals surface area contributed by atoms with Gasteiger partial charge in [-0.15, -0.1) is 5.10 Å². The third-order valence-corrected chi connectivity index (χ3v) is 3.88. The number of nitrogens with zero attached hydrogens (tertiary/aromatic N) is 3. The molecule has 0 aliphatic carbocycles. The number of nitrogens with two attached hydrogens (primary N) is 1. The van der Waals surface area contributed by atoms with Crippen LogP contribution in [0.2, 0.25) is 0 Å². The first-order valence-corrected chi connectivity index (χ1v) is 7.57. The Morgan fingerprint density at radius 3 is 1.95 bits per heavy atom. The van der Waals surface area contributed by atoms with E-state index < -0.39 is 0 Å². The van der Waals surface area contributed by atoms with Gasteiger partial charge in [0, 0.05) is 13.1 Å². The van der Waals surface area contributed by atoms with Gasteiger partial charge in [0.15, 0.2) is 0 Å². The lowest BCUT2D eigenvalue weighted by atomic mass is 9.87. The van der Waals surface area contributed by atoms with Crippen molar-refractivity contribution < 1.29 is 0 Å². The Bertz CT molecular complexity index is 658. The molecule has 22 heavy (non-hydrogen) atoms.